The minimum Gasteiger partial charge on any atom is -0.368 e. The van der Waals surface area contributed by atoms with Gasteiger partial charge in [-0.3, -0.25) is 14.4 Å². The number of nitrogens with zero attached hydrogens (tertiary/aromatic N) is 3. The first-order valence-electron chi connectivity index (χ1n) is 12.4. The zero-order chi connectivity index (χ0) is 23.5. The fourth-order valence-corrected chi connectivity index (χ4v) is 5.47. The highest BCUT2D eigenvalue weighted by atomic mass is 16.2. The van der Waals surface area contributed by atoms with Crippen molar-refractivity contribution in [2.75, 3.05) is 42.9 Å². The molecule has 1 unspecified atom stereocenters. The van der Waals surface area contributed by atoms with Crippen LogP contribution in [0.4, 0.5) is 11.4 Å². The normalized spacial score (nSPS) is 21.2. The standard InChI is InChI=1S/C27H32N4O3/c32-25-18-20(19-31(25)22-10-4-5-11-22)26(33)28-24-13-7-6-12-23(24)27(34)30-16-14-29(15-17-30)21-8-2-1-3-9-21/h1-3,6-9,12-13,20,22H,4-5,10-11,14-19H2,(H,28,33). The zero-order valence-corrected chi connectivity index (χ0v) is 19.5. The molecule has 0 radical (unpaired) electrons. The molecule has 2 aliphatic heterocycles. The van der Waals surface area contributed by atoms with Gasteiger partial charge in [-0.1, -0.05) is 43.2 Å². The third-order valence-corrected chi connectivity index (χ3v) is 7.40. The van der Waals surface area contributed by atoms with Gasteiger partial charge in [-0.25, -0.2) is 0 Å². The third kappa shape index (κ3) is 4.65. The summed E-state index contributed by atoms with van der Waals surface area (Å²) in [5.41, 5.74) is 2.19. The molecule has 0 bridgehead atoms. The molecule has 2 heterocycles. The van der Waals surface area contributed by atoms with Crippen LogP contribution in [0.15, 0.2) is 54.6 Å². The van der Waals surface area contributed by atoms with Crippen LogP contribution >= 0.6 is 0 Å². The van der Waals surface area contributed by atoms with Crippen LogP contribution in [-0.2, 0) is 9.59 Å². The lowest BCUT2D eigenvalue weighted by Gasteiger charge is -2.36. The maximum Gasteiger partial charge on any atom is 0.256 e. The molecule has 3 amide bonds. The van der Waals surface area contributed by atoms with E-state index >= 15 is 0 Å². The molecule has 1 aliphatic carbocycles. The average molecular weight is 461 g/mol. The summed E-state index contributed by atoms with van der Waals surface area (Å²) in [6.07, 6.45) is 4.63. The number of carbonyl (C=O) groups excluding carboxylic acids is 3. The molecule has 5 rings (SSSR count). The van der Waals surface area contributed by atoms with Crippen molar-refractivity contribution in [1.29, 1.82) is 0 Å². The molecular formula is C27H32N4O3. The predicted octanol–water partition coefficient (Wildman–Crippen LogP) is 3.38. The zero-order valence-electron chi connectivity index (χ0n) is 19.5. The van der Waals surface area contributed by atoms with E-state index in [1.807, 2.05) is 40.1 Å². The molecule has 1 N–H and O–H groups in total. The van der Waals surface area contributed by atoms with Gasteiger partial charge in [0.05, 0.1) is 17.2 Å². The number of amides is 3. The first-order chi connectivity index (χ1) is 16.6. The number of carbonyl (C=O) groups is 3. The minimum atomic E-state index is -0.370. The van der Waals surface area contributed by atoms with Crippen molar-refractivity contribution in [3.63, 3.8) is 0 Å². The summed E-state index contributed by atoms with van der Waals surface area (Å²) in [6, 6.07) is 17.7. The molecule has 34 heavy (non-hydrogen) atoms. The Labute approximate surface area is 200 Å². The largest absolute Gasteiger partial charge is 0.368 e. The highest BCUT2D eigenvalue weighted by Crippen LogP contribution is 2.30. The summed E-state index contributed by atoms with van der Waals surface area (Å²) in [4.78, 5) is 44.9. The number of anilines is 2. The van der Waals surface area contributed by atoms with Crippen LogP contribution in [0, 0.1) is 5.92 Å². The van der Waals surface area contributed by atoms with E-state index in [2.05, 4.69) is 22.3 Å². The van der Waals surface area contributed by atoms with Crippen molar-refractivity contribution in [3.8, 4) is 0 Å². The van der Waals surface area contributed by atoms with Crippen molar-refractivity contribution in [2.45, 2.75) is 38.1 Å². The predicted molar refractivity (Wildman–Crippen MR) is 132 cm³/mol. The number of hydrogen-bond acceptors (Lipinski definition) is 4. The van der Waals surface area contributed by atoms with E-state index in [0.29, 0.717) is 30.9 Å². The van der Waals surface area contributed by atoms with Gasteiger partial charge >= 0.3 is 0 Å². The Morgan fingerprint density at radius 3 is 2.26 bits per heavy atom. The van der Waals surface area contributed by atoms with Gasteiger partial charge in [0.2, 0.25) is 11.8 Å². The van der Waals surface area contributed by atoms with Gasteiger partial charge in [-0.05, 0) is 37.1 Å². The first-order valence-corrected chi connectivity index (χ1v) is 12.4. The van der Waals surface area contributed by atoms with E-state index in [1.54, 1.807) is 12.1 Å². The van der Waals surface area contributed by atoms with E-state index in [4.69, 9.17) is 0 Å². The van der Waals surface area contributed by atoms with Gasteiger partial charge in [0.25, 0.3) is 5.91 Å². The topological polar surface area (TPSA) is 73.0 Å². The molecule has 2 aromatic carbocycles. The highest BCUT2D eigenvalue weighted by molar-refractivity contribution is 6.05. The average Bonchev–Trinajstić information content (AvgIpc) is 3.54. The first kappa shape index (κ1) is 22.4. The molecule has 1 atom stereocenters. The lowest BCUT2D eigenvalue weighted by atomic mass is 10.1. The van der Waals surface area contributed by atoms with Gasteiger partial charge < -0.3 is 20.0 Å². The van der Waals surface area contributed by atoms with E-state index < -0.39 is 0 Å². The van der Waals surface area contributed by atoms with Crippen molar-refractivity contribution in [1.82, 2.24) is 9.80 Å². The lowest BCUT2D eigenvalue weighted by molar-refractivity contribution is -0.129. The van der Waals surface area contributed by atoms with E-state index in [1.165, 1.54) is 5.69 Å². The number of likely N-dealkylation sites (tertiary alicyclic amines) is 1. The van der Waals surface area contributed by atoms with Crippen LogP contribution in [0.3, 0.4) is 0 Å². The van der Waals surface area contributed by atoms with Crippen LogP contribution in [0.5, 0.6) is 0 Å². The summed E-state index contributed by atoms with van der Waals surface area (Å²) in [6.45, 7) is 3.27. The molecule has 7 nitrogen and oxygen atoms in total. The van der Waals surface area contributed by atoms with Crippen LogP contribution in [0.1, 0.15) is 42.5 Å². The van der Waals surface area contributed by atoms with Crippen LogP contribution in [0.25, 0.3) is 0 Å². The van der Waals surface area contributed by atoms with E-state index in [9.17, 15) is 14.4 Å². The number of piperazine rings is 1. The SMILES string of the molecule is O=C(Nc1ccccc1C(=O)N1CCN(c2ccccc2)CC1)C1CC(=O)N(C2CCCC2)C1. The summed E-state index contributed by atoms with van der Waals surface area (Å²) in [5, 5.41) is 2.96. The Morgan fingerprint density at radius 1 is 0.853 bits per heavy atom. The second kappa shape index (κ2) is 9.87. The second-order valence-electron chi connectivity index (χ2n) is 9.54. The van der Waals surface area contributed by atoms with Crippen molar-refractivity contribution < 1.29 is 14.4 Å². The van der Waals surface area contributed by atoms with Crippen LogP contribution < -0.4 is 10.2 Å². The van der Waals surface area contributed by atoms with Gasteiger partial charge in [-0.2, -0.15) is 0 Å². The number of nitrogens with one attached hydrogen (secondary N) is 1. The van der Waals surface area contributed by atoms with Gasteiger partial charge in [0.1, 0.15) is 0 Å². The molecular weight excluding hydrogens is 428 g/mol. The Kier molecular flexibility index (Phi) is 6.52. The number of para-hydroxylation sites is 2. The van der Waals surface area contributed by atoms with Crippen LogP contribution in [-0.4, -0.2) is 66.3 Å². The molecule has 1 saturated carbocycles. The van der Waals surface area contributed by atoms with Crippen molar-refractivity contribution in [3.05, 3.63) is 60.2 Å². The maximum atomic E-state index is 13.3. The summed E-state index contributed by atoms with van der Waals surface area (Å²) in [7, 11) is 0. The van der Waals surface area contributed by atoms with Crippen molar-refractivity contribution in [2.24, 2.45) is 5.92 Å². The molecule has 0 aromatic heterocycles. The molecule has 2 aromatic rings. The van der Waals surface area contributed by atoms with E-state index in [-0.39, 0.29) is 36.1 Å². The third-order valence-electron chi connectivity index (χ3n) is 7.40. The van der Waals surface area contributed by atoms with Gasteiger partial charge in [-0.15, -0.1) is 0 Å². The van der Waals surface area contributed by atoms with Gasteiger partial charge in [0.15, 0.2) is 0 Å². The molecule has 3 fully saturated rings. The number of benzene rings is 2. The van der Waals surface area contributed by atoms with Crippen molar-refractivity contribution >= 4 is 29.1 Å². The molecule has 3 aliphatic rings. The van der Waals surface area contributed by atoms with Crippen LogP contribution in [0.2, 0.25) is 0 Å². The Balaban J connectivity index is 1.22. The monoisotopic (exact) mass is 460 g/mol. The minimum absolute atomic E-state index is 0.0707. The Bertz CT molecular complexity index is 1040. The second-order valence-corrected chi connectivity index (χ2v) is 9.54. The summed E-state index contributed by atoms with van der Waals surface area (Å²) >= 11 is 0. The highest BCUT2D eigenvalue weighted by Gasteiger charge is 2.39. The Morgan fingerprint density at radius 2 is 1.53 bits per heavy atom. The molecule has 7 heteroatoms. The Hall–Kier alpha value is -3.35. The molecule has 2 saturated heterocycles. The summed E-state index contributed by atoms with van der Waals surface area (Å²) in [5.74, 6) is -0.542. The molecule has 178 valence electrons. The molecule has 0 spiro atoms. The number of rotatable bonds is 5. The quantitative estimate of drug-likeness (QED) is 0.743. The fraction of sp³-hybridized carbons (Fsp3) is 0.444. The number of hydrogen-bond donors (Lipinski definition) is 1. The maximum absolute atomic E-state index is 13.3. The van der Waals surface area contributed by atoms with Gasteiger partial charge in [0, 0.05) is 50.9 Å². The lowest BCUT2D eigenvalue weighted by Crippen LogP contribution is -2.49. The van der Waals surface area contributed by atoms with E-state index in [0.717, 1.165) is 38.8 Å². The summed E-state index contributed by atoms with van der Waals surface area (Å²) < 4.78 is 0. The smallest absolute Gasteiger partial charge is 0.256 e. The fourth-order valence-electron chi connectivity index (χ4n) is 5.47.